The monoisotopic (exact) mass is 777 g/mol. The van der Waals surface area contributed by atoms with E-state index in [1.807, 2.05) is 48.5 Å². The van der Waals surface area contributed by atoms with Gasteiger partial charge in [0, 0.05) is 18.4 Å². The lowest BCUT2D eigenvalue weighted by Gasteiger charge is -2.36. The summed E-state index contributed by atoms with van der Waals surface area (Å²) in [6.07, 6.45) is 0.849. The topological polar surface area (TPSA) is 189 Å². The standard InChI is InChI=1S/C40H51N5O9S/c1-8-23-20-40(23,35(48)44-55(51,52)25-17-18-25)43-33(46)31-19-24(21-45(31)34(47)32(38(2,3)4)42-37(50)54-39(5,6)7)41-36(49)53-22-30-28-15-11-9-13-26(28)27-14-10-12-16-29(27)30/h8-16,23-25,30-32H,1,17-22H2,2-7H3,(H,41,49)(H,42,50)(H,43,46)(H,44,48). The van der Waals surface area contributed by atoms with Gasteiger partial charge in [0.05, 0.1) is 11.3 Å². The Morgan fingerprint density at radius 1 is 0.945 bits per heavy atom. The molecule has 5 amide bonds. The molecule has 6 rings (SSSR count). The number of nitrogens with one attached hydrogen (secondary N) is 4. The molecule has 0 aromatic heterocycles. The molecule has 5 atom stereocenters. The first kappa shape index (κ1) is 39.8. The second-order valence-electron chi connectivity index (χ2n) is 17.0. The number of likely N-dealkylation sites (tertiary alicyclic amines) is 1. The van der Waals surface area contributed by atoms with Gasteiger partial charge in [-0.2, -0.15) is 0 Å². The zero-order chi connectivity index (χ0) is 40.1. The minimum absolute atomic E-state index is 0.0510. The highest BCUT2D eigenvalue weighted by atomic mass is 32.2. The number of alkyl carbamates (subject to hydrolysis) is 2. The summed E-state index contributed by atoms with van der Waals surface area (Å²) in [6.45, 7) is 14.0. The number of sulfonamides is 1. The molecular formula is C40H51N5O9S. The van der Waals surface area contributed by atoms with Gasteiger partial charge < -0.3 is 30.3 Å². The summed E-state index contributed by atoms with van der Waals surface area (Å²) >= 11 is 0. The van der Waals surface area contributed by atoms with Crippen molar-refractivity contribution in [2.75, 3.05) is 13.2 Å². The largest absolute Gasteiger partial charge is 0.449 e. The number of fused-ring (bicyclic) bond motifs is 3. The molecule has 0 radical (unpaired) electrons. The van der Waals surface area contributed by atoms with Gasteiger partial charge in [-0.3, -0.25) is 19.1 Å². The quantitative estimate of drug-likeness (QED) is 0.244. The minimum Gasteiger partial charge on any atom is -0.449 e. The van der Waals surface area contributed by atoms with Crippen molar-refractivity contribution in [1.29, 1.82) is 0 Å². The summed E-state index contributed by atoms with van der Waals surface area (Å²) in [5.41, 5.74) is 0.935. The Morgan fingerprint density at radius 2 is 1.55 bits per heavy atom. The van der Waals surface area contributed by atoms with E-state index < -0.39 is 85.8 Å². The molecule has 4 N–H and O–H groups in total. The van der Waals surface area contributed by atoms with Crippen molar-refractivity contribution in [3.05, 3.63) is 72.3 Å². The molecular weight excluding hydrogens is 727 g/mol. The highest BCUT2D eigenvalue weighted by Crippen LogP contribution is 2.46. The lowest BCUT2D eigenvalue weighted by atomic mass is 9.85. The fourth-order valence-corrected chi connectivity index (χ4v) is 8.86. The number of amides is 5. The summed E-state index contributed by atoms with van der Waals surface area (Å²) in [4.78, 5) is 69.7. The van der Waals surface area contributed by atoms with E-state index in [-0.39, 0.29) is 31.9 Å². The number of nitrogens with zero attached hydrogens (tertiary/aromatic N) is 1. The van der Waals surface area contributed by atoms with Crippen molar-refractivity contribution < 1.29 is 41.9 Å². The van der Waals surface area contributed by atoms with E-state index in [0.29, 0.717) is 12.8 Å². The summed E-state index contributed by atoms with van der Waals surface area (Å²) in [5.74, 6) is -2.95. The second kappa shape index (κ2) is 14.6. The predicted molar refractivity (Wildman–Crippen MR) is 204 cm³/mol. The molecule has 55 heavy (non-hydrogen) atoms. The smallest absolute Gasteiger partial charge is 0.408 e. The van der Waals surface area contributed by atoms with Crippen LogP contribution < -0.4 is 20.7 Å². The molecule has 5 unspecified atom stereocenters. The van der Waals surface area contributed by atoms with Gasteiger partial charge >= 0.3 is 12.2 Å². The number of benzene rings is 2. The first-order valence-electron chi connectivity index (χ1n) is 18.7. The van der Waals surface area contributed by atoms with Crippen LogP contribution in [0.25, 0.3) is 11.1 Å². The molecule has 2 aromatic carbocycles. The van der Waals surface area contributed by atoms with Crippen LogP contribution in [0.1, 0.15) is 84.3 Å². The molecule has 0 spiro atoms. The van der Waals surface area contributed by atoms with E-state index in [1.165, 1.54) is 11.0 Å². The molecule has 2 saturated carbocycles. The van der Waals surface area contributed by atoms with Gasteiger partial charge in [0.2, 0.25) is 21.8 Å². The van der Waals surface area contributed by atoms with E-state index in [4.69, 9.17) is 9.47 Å². The third-order valence-electron chi connectivity index (χ3n) is 10.6. The zero-order valence-electron chi connectivity index (χ0n) is 32.1. The number of hydrogen-bond acceptors (Lipinski definition) is 9. The molecule has 1 aliphatic heterocycles. The molecule has 15 heteroatoms. The molecule has 3 aliphatic carbocycles. The number of hydrogen-bond donors (Lipinski definition) is 4. The summed E-state index contributed by atoms with van der Waals surface area (Å²) < 4.78 is 38.7. The van der Waals surface area contributed by atoms with E-state index in [0.717, 1.165) is 22.3 Å². The summed E-state index contributed by atoms with van der Waals surface area (Å²) in [6, 6.07) is 12.7. The van der Waals surface area contributed by atoms with Crippen LogP contribution in [0.3, 0.4) is 0 Å². The first-order chi connectivity index (χ1) is 25.7. The van der Waals surface area contributed by atoms with Gasteiger partial charge in [-0.15, -0.1) is 6.58 Å². The third-order valence-corrected chi connectivity index (χ3v) is 12.4. The van der Waals surface area contributed by atoms with Gasteiger partial charge in [-0.1, -0.05) is 75.4 Å². The second-order valence-corrected chi connectivity index (χ2v) is 19.0. The normalized spacial score (nSPS) is 23.7. The number of carbonyl (C=O) groups is 5. The van der Waals surface area contributed by atoms with Crippen LogP contribution in [0.2, 0.25) is 0 Å². The van der Waals surface area contributed by atoms with E-state index in [9.17, 15) is 32.4 Å². The van der Waals surface area contributed by atoms with E-state index >= 15 is 0 Å². The van der Waals surface area contributed by atoms with Crippen molar-refractivity contribution in [2.24, 2.45) is 11.3 Å². The van der Waals surface area contributed by atoms with Crippen LogP contribution in [0.5, 0.6) is 0 Å². The summed E-state index contributed by atoms with van der Waals surface area (Å²) in [7, 11) is -3.92. The van der Waals surface area contributed by atoms with Gasteiger partial charge in [0.1, 0.15) is 29.8 Å². The first-order valence-corrected chi connectivity index (χ1v) is 20.2. The lowest BCUT2D eigenvalue weighted by molar-refractivity contribution is -0.143. The average Bonchev–Trinajstić information content (AvgIpc) is 4.01. The van der Waals surface area contributed by atoms with Crippen molar-refractivity contribution in [3.8, 4) is 11.1 Å². The Labute approximate surface area is 322 Å². The van der Waals surface area contributed by atoms with Crippen molar-refractivity contribution in [1.82, 2.24) is 25.6 Å². The molecule has 2 aromatic rings. The molecule has 0 bridgehead atoms. The number of carbonyl (C=O) groups excluding carboxylic acids is 5. The highest BCUT2D eigenvalue weighted by Gasteiger charge is 2.62. The van der Waals surface area contributed by atoms with Gasteiger partial charge in [-0.25, -0.2) is 18.0 Å². The van der Waals surface area contributed by atoms with Crippen LogP contribution in [0.15, 0.2) is 61.2 Å². The van der Waals surface area contributed by atoms with Crippen LogP contribution in [0.4, 0.5) is 9.59 Å². The van der Waals surface area contributed by atoms with Gasteiger partial charge in [0.25, 0.3) is 5.91 Å². The highest BCUT2D eigenvalue weighted by molar-refractivity contribution is 7.91. The van der Waals surface area contributed by atoms with Gasteiger partial charge in [-0.05, 0) is 74.1 Å². The average molecular weight is 778 g/mol. The van der Waals surface area contributed by atoms with E-state index in [2.05, 4.69) is 27.3 Å². The molecule has 4 aliphatic rings. The van der Waals surface area contributed by atoms with Crippen LogP contribution in [-0.4, -0.2) is 90.9 Å². The lowest BCUT2D eigenvalue weighted by Crippen LogP contribution is -2.60. The Balaban J connectivity index is 1.21. The molecule has 14 nitrogen and oxygen atoms in total. The fourth-order valence-electron chi connectivity index (χ4n) is 7.50. The van der Waals surface area contributed by atoms with Crippen molar-refractivity contribution >= 4 is 39.9 Å². The number of rotatable bonds is 11. The summed E-state index contributed by atoms with van der Waals surface area (Å²) in [5, 5.41) is 7.57. The van der Waals surface area contributed by atoms with Crippen LogP contribution >= 0.6 is 0 Å². The molecule has 296 valence electrons. The maximum Gasteiger partial charge on any atom is 0.408 e. The Bertz CT molecular complexity index is 1960. The molecule has 1 saturated heterocycles. The Morgan fingerprint density at radius 3 is 2.07 bits per heavy atom. The van der Waals surface area contributed by atoms with Crippen LogP contribution in [0, 0.1) is 11.3 Å². The minimum atomic E-state index is -3.92. The third kappa shape index (κ3) is 8.51. The Kier molecular flexibility index (Phi) is 10.6. The Hall–Kier alpha value is -4.92. The van der Waals surface area contributed by atoms with E-state index in [1.54, 1.807) is 41.5 Å². The fraction of sp³-hybridized carbons (Fsp3) is 0.525. The van der Waals surface area contributed by atoms with Gasteiger partial charge in [0.15, 0.2) is 0 Å². The van der Waals surface area contributed by atoms with Crippen LogP contribution in [-0.2, 0) is 33.9 Å². The predicted octanol–water partition coefficient (Wildman–Crippen LogP) is 4.10. The number of ether oxygens (including phenoxy) is 2. The van der Waals surface area contributed by atoms with Crippen molar-refractivity contribution in [2.45, 2.75) is 108 Å². The molecule has 1 heterocycles. The zero-order valence-corrected chi connectivity index (χ0v) is 33.0. The SMILES string of the molecule is C=CC1CC1(NC(=O)C1CC(NC(=O)OCC2c3ccccc3-c3ccccc32)CN1C(=O)C(NC(=O)OC(C)(C)C)C(C)(C)C)C(=O)NS(=O)(=O)C1CC1. The molecule has 3 fully saturated rings. The maximum absolute atomic E-state index is 14.4. The van der Waals surface area contributed by atoms with Crippen molar-refractivity contribution in [3.63, 3.8) is 0 Å². The maximum atomic E-state index is 14.4.